The number of rotatable bonds is 7. The molecule has 0 fully saturated rings. The summed E-state index contributed by atoms with van der Waals surface area (Å²) >= 11 is 0. The van der Waals surface area contributed by atoms with E-state index in [0.29, 0.717) is 37.2 Å². The number of benzene rings is 1. The van der Waals surface area contributed by atoms with Crippen molar-refractivity contribution in [3.8, 4) is 0 Å². The standard InChI is InChI=1S/C19H26FN7O2.HI/c1-3-21-19(22-10-18(28)23-14-6-4-5-13(20)9-14)24-15-7-8-17-25-16(12-29-2)26-27(17)11-15;/h4-6,9,15H,3,7-8,10-12H2,1-2H3,(H,23,28)(H2,21,22,24);1H. The number of guanidine groups is 1. The summed E-state index contributed by atoms with van der Waals surface area (Å²) in [6.07, 6.45) is 1.68. The first-order valence-corrected chi connectivity index (χ1v) is 9.59. The highest BCUT2D eigenvalue weighted by molar-refractivity contribution is 14.0. The zero-order valence-electron chi connectivity index (χ0n) is 17.0. The fraction of sp³-hybridized carbons (Fsp3) is 0.474. The molecule has 0 aliphatic carbocycles. The number of carbonyl (C=O) groups is 1. The molecular formula is C19H27FIN7O2. The minimum Gasteiger partial charge on any atom is -0.377 e. The first-order valence-electron chi connectivity index (χ1n) is 9.59. The van der Waals surface area contributed by atoms with Gasteiger partial charge in [-0.05, 0) is 31.5 Å². The number of aliphatic imine (C=N–C) groups is 1. The third-order valence-electron chi connectivity index (χ3n) is 4.35. The first kappa shape index (κ1) is 24.0. The Morgan fingerprint density at radius 2 is 2.27 bits per heavy atom. The SMILES string of the molecule is CCNC(=NCC(=O)Nc1cccc(F)c1)NC1CCc2nc(COC)nn2C1.I. The third kappa shape index (κ3) is 6.90. The number of carbonyl (C=O) groups excluding carboxylic acids is 1. The van der Waals surface area contributed by atoms with Gasteiger partial charge in [0, 0.05) is 31.8 Å². The summed E-state index contributed by atoms with van der Waals surface area (Å²) < 4.78 is 20.2. The van der Waals surface area contributed by atoms with Gasteiger partial charge in [-0.1, -0.05) is 6.07 Å². The second-order valence-electron chi connectivity index (χ2n) is 6.69. The molecule has 1 amide bonds. The van der Waals surface area contributed by atoms with Crippen molar-refractivity contribution in [3.05, 3.63) is 41.7 Å². The van der Waals surface area contributed by atoms with Crippen LogP contribution in [0.4, 0.5) is 10.1 Å². The summed E-state index contributed by atoms with van der Waals surface area (Å²) in [4.78, 5) is 20.9. The molecule has 0 radical (unpaired) electrons. The molecule has 1 aromatic heterocycles. The van der Waals surface area contributed by atoms with E-state index in [1.54, 1.807) is 19.2 Å². The quantitative estimate of drug-likeness (QED) is 0.286. The van der Waals surface area contributed by atoms with Gasteiger partial charge in [-0.3, -0.25) is 4.79 Å². The fourth-order valence-corrected chi connectivity index (χ4v) is 3.10. The van der Waals surface area contributed by atoms with Gasteiger partial charge < -0.3 is 20.7 Å². The van der Waals surface area contributed by atoms with Crippen molar-refractivity contribution in [2.75, 3.05) is 25.5 Å². The maximum absolute atomic E-state index is 13.2. The van der Waals surface area contributed by atoms with Gasteiger partial charge in [0.1, 0.15) is 24.8 Å². The average Bonchev–Trinajstić information content (AvgIpc) is 3.08. The Hall–Kier alpha value is -2.28. The van der Waals surface area contributed by atoms with Crippen LogP contribution in [-0.4, -0.2) is 52.9 Å². The molecule has 2 aromatic rings. The maximum atomic E-state index is 13.2. The Labute approximate surface area is 191 Å². The van der Waals surface area contributed by atoms with Gasteiger partial charge in [-0.25, -0.2) is 19.0 Å². The van der Waals surface area contributed by atoms with Crippen LogP contribution in [-0.2, 0) is 29.1 Å². The van der Waals surface area contributed by atoms with Crippen LogP contribution in [0.3, 0.4) is 0 Å². The Kier molecular flexibility index (Phi) is 9.43. The molecule has 2 heterocycles. The monoisotopic (exact) mass is 531 g/mol. The molecule has 9 nitrogen and oxygen atoms in total. The summed E-state index contributed by atoms with van der Waals surface area (Å²) in [6.45, 7) is 3.59. The molecule has 3 N–H and O–H groups in total. The van der Waals surface area contributed by atoms with Crippen molar-refractivity contribution in [1.29, 1.82) is 0 Å². The smallest absolute Gasteiger partial charge is 0.246 e. The largest absolute Gasteiger partial charge is 0.377 e. The van der Waals surface area contributed by atoms with E-state index in [2.05, 4.69) is 31.0 Å². The van der Waals surface area contributed by atoms with Crippen LogP contribution in [0, 0.1) is 5.82 Å². The maximum Gasteiger partial charge on any atom is 0.246 e. The van der Waals surface area contributed by atoms with Gasteiger partial charge in [-0.2, -0.15) is 5.10 Å². The molecule has 0 saturated heterocycles. The number of fused-ring (bicyclic) bond motifs is 1. The molecule has 11 heteroatoms. The lowest BCUT2D eigenvalue weighted by atomic mass is 10.1. The van der Waals surface area contributed by atoms with Crippen LogP contribution in [0.15, 0.2) is 29.3 Å². The molecule has 0 spiro atoms. The first-order chi connectivity index (χ1) is 14.1. The summed E-state index contributed by atoms with van der Waals surface area (Å²) in [7, 11) is 1.62. The van der Waals surface area contributed by atoms with E-state index in [9.17, 15) is 9.18 Å². The summed E-state index contributed by atoms with van der Waals surface area (Å²) in [5.74, 6) is 1.45. The summed E-state index contributed by atoms with van der Waals surface area (Å²) in [5.41, 5.74) is 0.404. The molecule has 1 aliphatic rings. The van der Waals surface area contributed by atoms with Gasteiger partial charge in [-0.15, -0.1) is 24.0 Å². The van der Waals surface area contributed by atoms with Crippen LogP contribution < -0.4 is 16.0 Å². The van der Waals surface area contributed by atoms with Crippen molar-refractivity contribution in [2.24, 2.45) is 4.99 Å². The topological polar surface area (TPSA) is 105 Å². The minimum absolute atomic E-state index is 0. The molecule has 1 aromatic carbocycles. The number of amides is 1. The van der Waals surface area contributed by atoms with E-state index in [1.807, 2.05) is 11.6 Å². The van der Waals surface area contributed by atoms with E-state index in [1.165, 1.54) is 12.1 Å². The normalized spacial score (nSPS) is 15.7. The Bertz CT molecular complexity index is 874. The average molecular weight is 531 g/mol. The number of hydrogen-bond donors (Lipinski definition) is 3. The molecule has 3 rings (SSSR count). The zero-order chi connectivity index (χ0) is 20.6. The Balaban J connectivity index is 0.00000320. The van der Waals surface area contributed by atoms with Gasteiger partial charge in [0.25, 0.3) is 0 Å². The highest BCUT2D eigenvalue weighted by Crippen LogP contribution is 2.13. The molecule has 164 valence electrons. The van der Waals surface area contributed by atoms with Crippen LogP contribution in [0.2, 0.25) is 0 Å². The van der Waals surface area contributed by atoms with Gasteiger partial charge in [0.05, 0.1) is 6.54 Å². The number of aromatic nitrogens is 3. The molecule has 1 atom stereocenters. The van der Waals surface area contributed by atoms with Crippen LogP contribution >= 0.6 is 24.0 Å². The van der Waals surface area contributed by atoms with Gasteiger partial charge >= 0.3 is 0 Å². The number of hydrogen-bond acceptors (Lipinski definition) is 5. The Morgan fingerprint density at radius 3 is 3.00 bits per heavy atom. The Morgan fingerprint density at radius 1 is 1.43 bits per heavy atom. The molecular weight excluding hydrogens is 504 g/mol. The van der Waals surface area contributed by atoms with Gasteiger partial charge in [0.15, 0.2) is 11.8 Å². The van der Waals surface area contributed by atoms with E-state index >= 15 is 0 Å². The van der Waals surface area contributed by atoms with E-state index < -0.39 is 5.82 Å². The van der Waals surface area contributed by atoms with Crippen molar-refractivity contribution < 1.29 is 13.9 Å². The summed E-state index contributed by atoms with van der Waals surface area (Å²) in [6, 6.07) is 5.87. The van der Waals surface area contributed by atoms with Crippen LogP contribution in [0.25, 0.3) is 0 Å². The molecule has 0 saturated carbocycles. The highest BCUT2D eigenvalue weighted by atomic mass is 127. The third-order valence-corrected chi connectivity index (χ3v) is 4.35. The lowest BCUT2D eigenvalue weighted by Gasteiger charge is -2.25. The predicted molar refractivity (Wildman–Crippen MR) is 122 cm³/mol. The van der Waals surface area contributed by atoms with Crippen LogP contribution in [0.5, 0.6) is 0 Å². The highest BCUT2D eigenvalue weighted by Gasteiger charge is 2.22. The number of nitrogens with zero attached hydrogens (tertiary/aromatic N) is 4. The second-order valence-corrected chi connectivity index (χ2v) is 6.69. The lowest BCUT2D eigenvalue weighted by molar-refractivity contribution is -0.114. The molecule has 0 bridgehead atoms. The van der Waals surface area contributed by atoms with E-state index in [-0.39, 0.29) is 42.5 Å². The van der Waals surface area contributed by atoms with Crippen molar-refractivity contribution in [2.45, 2.75) is 39.0 Å². The number of ether oxygens (including phenoxy) is 1. The van der Waals surface area contributed by atoms with Crippen molar-refractivity contribution in [3.63, 3.8) is 0 Å². The lowest BCUT2D eigenvalue weighted by Crippen LogP contribution is -2.47. The predicted octanol–water partition coefficient (Wildman–Crippen LogP) is 1.69. The van der Waals surface area contributed by atoms with E-state index in [0.717, 1.165) is 18.7 Å². The van der Waals surface area contributed by atoms with Crippen molar-refractivity contribution in [1.82, 2.24) is 25.4 Å². The summed E-state index contributed by atoms with van der Waals surface area (Å²) in [5, 5.41) is 13.6. The van der Waals surface area contributed by atoms with Crippen molar-refractivity contribution >= 4 is 41.5 Å². The zero-order valence-corrected chi connectivity index (χ0v) is 19.4. The number of anilines is 1. The molecule has 1 unspecified atom stereocenters. The second kappa shape index (κ2) is 11.8. The van der Waals surface area contributed by atoms with Crippen LogP contribution in [0.1, 0.15) is 25.0 Å². The number of nitrogens with one attached hydrogen (secondary N) is 3. The minimum atomic E-state index is -0.403. The fourth-order valence-electron chi connectivity index (χ4n) is 3.10. The van der Waals surface area contributed by atoms with E-state index in [4.69, 9.17) is 4.74 Å². The molecule has 30 heavy (non-hydrogen) atoms. The number of aryl methyl sites for hydroxylation is 1. The number of methoxy groups -OCH3 is 1. The molecule has 1 aliphatic heterocycles. The number of halogens is 2. The van der Waals surface area contributed by atoms with Gasteiger partial charge in [0.2, 0.25) is 5.91 Å².